The summed E-state index contributed by atoms with van der Waals surface area (Å²) in [5.41, 5.74) is 2.76. The van der Waals surface area contributed by atoms with Crippen molar-refractivity contribution in [2.24, 2.45) is 5.92 Å². The smallest absolute Gasteiger partial charge is 0.251 e. The molecule has 2 rings (SSSR count). The average molecular weight is 355 g/mol. The lowest BCUT2D eigenvalue weighted by Gasteiger charge is -2.13. The number of carbonyl (C=O) groups is 1. The predicted molar refractivity (Wildman–Crippen MR) is 104 cm³/mol. The summed E-state index contributed by atoms with van der Waals surface area (Å²) in [6.45, 7) is 9.86. The summed E-state index contributed by atoms with van der Waals surface area (Å²) in [6, 6.07) is 15.3. The van der Waals surface area contributed by atoms with Gasteiger partial charge >= 0.3 is 0 Å². The van der Waals surface area contributed by atoms with Crippen molar-refractivity contribution in [3.05, 3.63) is 65.2 Å². The molecule has 0 fully saturated rings. The van der Waals surface area contributed by atoms with Crippen LogP contribution in [0.25, 0.3) is 0 Å². The van der Waals surface area contributed by atoms with Gasteiger partial charge in [-0.15, -0.1) is 0 Å². The topological polar surface area (TPSA) is 47.6 Å². The third kappa shape index (κ3) is 6.52. The first-order valence-corrected chi connectivity index (χ1v) is 9.15. The summed E-state index contributed by atoms with van der Waals surface area (Å²) in [7, 11) is 0. The van der Waals surface area contributed by atoms with Crippen LogP contribution in [0.3, 0.4) is 0 Å². The lowest BCUT2D eigenvalue weighted by molar-refractivity contribution is 0.0651. The van der Waals surface area contributed by atoms with Crippen molar-refractivity contribution < 1.29 is 14.3 Å². The zero-order valence-corrected chi connectivity index (χ0v) is 16.1. The van der Waals surface area contributed by atoms with Gasteiger partial charge in [-0.1, -0.05) is 44.2 Å². The number of nitrogens with one attached hydrogen (secondary N) is 1. The van der Waals surface area contributed by atoms with Crippen molar-refractivity contribution in [3.8, 4) is 5.75 Å². The second-order valence-electron chi connectivity index (χ2n) is 7.04. The molecule has 0 aliphatic carbocycles. The van der Waals surface area contributed by atoms with Gasteiger partial charge in [0.15, 0.2) is 0 Å². The number of carbonyl (C=O) groups excluding carboxylic acids is 1. The summed E-state index contributed by atoms with van der Waals surface area (Å²) in [6.07, 6.45) is 0.172. The fourth-order valence-electron chi connectivity index (χ4n) is 2.39. The van der Waals surface area contributed by atoms with E-state index in [9.17, 15) is 4.79 Å². The maximum atomic E-state index is 12.5. The van der Waals surface area contributed by atoms with E-state index in [4.69, 9.17) is 9.47 Å². The molecule has 0 aliphatic heterocycles. The van der Waals surface area contributed by atoms with Gasteiger partial charge in [0.1, 0.15) is 5.75 Å². The predicted octanol–water partition coefficient (Wildman–Crippen LogP) is 4.58. The summed E-state index contributed by atoms with van der Waals surface area (Å²) in [4.78, 5) is 12.5. The molecule has 0 aromatic heterocycles. The maximum absolute atomic E-state index is 12.5. The normalized spacial score (nSPS) is 11.0. The monoisotopic (exact) mass is 355 g/mol. The molecule has 1 N–H and O–H groups in total. The molecule has 0 atom stereocenters. The molecular weight excluding hydrogens is 326 g/mol. The van der Waals surface area contributed by atoms with Crippen LogP contribution in [0.5, 0.6) is 5.75 Å². The minimum Gasteiger partial charge on any atom is -0.493 e. The van der Waals surface area contributed by atoms with Gasteiger partial charge in [0.25, 0.3) is 5.91 Å². The second-order valence-corrected chi connectivity index (χ2v) is 7.04. The van der Waals surface area contributed by atoms with Gasteiger partial charge in [0.2, 0.25) is 0 Å². The summed E-state index contributed by atoms with van der Waals surface area (Å²) >= 11 is 0. The van der Waals surface area contributed by atoms with E-state index in [1.54, 1.807) is 12.1 Å². The highest BCUT2D eigenvalue weighted by Crippen LogP contribution is 2.15. The molecular formula is C22H29NO3. The van der Waals surface area contributed by atoms with Gasteiger partial charge in [0.05, 0.1) is 19.3 Å². The first-order valence-electron chi connectivity index (χ1n) is 9.15. The second kappa shape index (κ2) is 9.97. The van der Waals surface area contributed by atoms with Crippen molar-refractivity contribution in [2.45, 2.75) is 47.0 Å². The lowest BCUT2D eigenvalue weighted by atomic mass is 10.1. The lowest BCUT2D eigenvalue weighted by Crippen LogP contribution is -2.23. The van der Waals surface area contributed by atoms with E-state index in [0.29, 0.717) is 31.2 Å². The molecule has 0 spiro atoms. The molecule has 2 aromatic rings. The zero-order valence-electron chi connectivity index (χ0n) is 16.1. The van der Waals surface area contributed by atoms with Crippen molar-refractivity contribution >= 4 is 5.91 Å². The van der Waals surface area contributed by atoms with Gasteiger partial charge in [-0.25, -0.2) is 0 Å². The van der Waals surface area contributed by atoms with Crippen LogP contribution >= 0.6 is 0 Å². The van der Waals surface area contributed by atoms with E-state index < -0.39 is 0 Å². The SMILES string of the molecule is CC(C)COc1cccc(C(=O)NCc2ccccc2COC(C)C)c1. The molecule has 4 nitrogen and oxygen atoms in total. The summed E-state index contributed by atoms with van der Waals surface area (Å²) in [5.74, 6) is 1.05. The Hall–Kier alpha value is -2.33. The number of rotatable bonds is 9. The first kappa shape index (κ1) is 20.0. The molecule has 0 bridgehead atoms. The van der Waals surface area contributed by atoms with E-state index in [-0.39, 0.29) is 12.0 Å². The van der Waals surface area contributed by atoms with E-state index in [1.165, 1.54) is 0 Å². The highest BCUT2D eigenvalue weighted by Gasteiger charge is 2.09. The van der Waals surface area contributed by atoms with Crippen LogP contribution in [0, 0.1) is 5.92 Å². The number of amides is 1. The van der Waals surface area contributed by atoms with Crippen LogP contribution < -0.4 is 10.1 Å². The average Bonchev–Trinajstić information content (AvgIpc) is 2.63. The van der Waals surface area contributed by atoms with Gasteiger partial charge < -0.3 is 14.8 Å². The van der Waals surface area contributed by atoms with E-state index in [0.717, 1.165) is 16.9 Å². The van der Waals surface area contributed by atoms with E-state index >= 15 is 0 Å². The van der Waals surface area contributed by atoms with Gasteiger partial charge in [0, 0.05) is 12.1 Å². The Morgan fingerprint density at radius 3 is 2.42 bits per heavy atom. The molecule has 1 amide bonds. The molecule has 0 aliphatic rings. The van der Waals surface area contributed by atoms with Crippen molar-refractivity contribution in [2.75, 3.05) is 6.61 Å². The largest absolute Gasteiger partial charge is 0.493 e. The van der Waals surface area contributed by atoms with Gasteiger partial charge in [-0.05, 0) is 49.1 Å². The van der Waals surface area contributed by atoms with Crippen molar-refractivity contribution in [3.63, 3.8) is 0 Å². The Kier molecular flexibility index (Phi) is 7.67. The fourth-order valence-corrected chi connectivity index (χ4v) is 2.39. The molecule has 0 saturated carbocycles. The molecule has 140 valence electrons. The maximum Gasteiger partial charge on any atom is 0.251 e. The highest BCUT2D eigenvalue weighted by atomic mass is 16.5. The first-order chi connectivity index (χ1) is 12.5. The highest BCUT2D eigenvalue weighted by molar-refractivity contribution is 5.94. The molecule has 2 aromatic carbocycles. The van der Waals surface area contributed by atoms with Crippen LogP contribution in [0.1, 0.15) is 49.2 Å². The number of ether oxygens (including phenoxy) is 2. The summed E-state index contributed by atoms with van der Waals surface area (Å²) < 4.78 is 11.4. The Morgan fingerprint density at radius 2 is 1.73 bits per heavy atom. The number of hydrogen-bond acceptors (Lipinski definition) is 3. The zero-order chi connectivity index (χ0) is 18.9. The Bertz CT molecular complexity index is 710. The van der Waals surface area contributed by atoms with Crippen LogP contribution in [0.15, 0.2) is 48.5 Å². The van der Waals surface area contributed by atoms with E-state index in [2.05, 4.69) is 19.2 Å². The van der Waals surface area contributed by atoms with Gasteiger partial charge in [-0.2, -0.15) is 0 Å². The quantitative estimate of drug-likeness (QED) is 0.716. The van der Waals surface area contributed by atoms with Gasteiger partial charge in [-0.3, -0.25) is 4.79 Å². The third-order valence-corrected chi connectivity index (χ3v) is 3.81. The number of benzene rings is 2. The molecule has 0 heterocycles. The third-order valence-electron chi connectivity index (χ3n) is 3.81. The van der Waals surface area contributed by atoms with E-state index in [1.807, 2.05) is 50.2 Å². The van der Waals surface area contributed by atoms with Crippen molar-refractivity contribution in [1.82, 2.24) is 5.32 Å². The molecule has 0 radical (unpaired) electrons. The molecule has 26 heavy (non-hydrogen) atoms. The Labute approximate surface area is 156 Å². The van der Waals surface area contributed by atoms with Crippen molar-refractivity contribution in [1.29, 1.82) is 0 Å². The minimum atomic E-state index is -0.112. The molecule has 4 heteroatoms. The van der Waals surface area contributed by atoms with Crippen LogP contribution in [-0.2, 0) is 17.9 Å². The Balaban J connectivity index is 1.97. The standard InChI is InChI=1S/C22H29NO3/c1-16(2)14-26-21-11-7-10-18(12-21)22(24)23-13-19-8-5-6-9-20(19)15-25-17(3)4/h5-12,16-17H,13-15H2,1-4H3,(H,23,24). The fraction of sp³-hybridized carbons (Fsp3) is 0.409. The van der Waals surface area contributed by atoms with Crippen LogP contribution in [0.4, 0.5) is 0 Å². The molecule has 0 unspecified atom stereocenters. The van der Waals surface area contributed by atoms with Crippen LogP contribution in [-0.4, -0.2) is 18.6 Å². The Morgan fingerprint density at radius 1 is 1.00 bits per heavy atom. The number of hydrogen-bond donors (Lipinski definition) is 1. The molecule has 0 saturated heterocycles. The van der Waals surface area contributed by atoms with Crippen LogP contribution in [0.2, 0.25) is 0 Å². The minimum absolute atomic E-state index is 0.112. The summed E-state index contributed by atoms with van der Waals surface area (Å²) in [5, 5.41) is 2.99.